The largest absolute Gasteiger partial charge is 0.478 e. The molecule has 0 aliphatic rings. The minimum atomic E-state index is -1.07. The Hall–Kier alpha value is -1.95. The van der Waals surface area contributed by atoms with Crippen LogP contribution in [0.15, 0.2) is 18.3 Å². The molecule has 17 heavy (non-hydrogen) atoms. The molecule has 0 unspecified atom stereocenters. The van der Waals surface area contributed by atoms with Crippen molar-refractivity contribution in [3.63, 3.8) is 0 Å². The number of carbonyl (C=O) groups excluding carboxylic acids is 1. The van der Waals surface area contributed by atoms with Crippen LogP contribution in [0.3, 0.4) is 0 Å². The van der Waals surface area contributed by atoms with E-state index in [9.17, 15) is 9.59 Å². The fourth-order valence-corrected chi connectivity index (χ4v) is 1.16. The zero-order valence-electron chi connectivity index (χ0n) is 9.47. The second-order valence-electron chi connectivity index (χ2n) is 3.34. The van der Waals surface area contributed by atoms with E-state index in [1.165, 1.54) is 12.1 Å². The Balaban J connectivity index is 2.49. The molecule has 1 aromatic heterocycles. The molecular weight excluding hydrogens is 224 g/mol. The average Bonchev–Trinajstić information content (AvgIpc) is 2.34. The van der Waals surface area contributed by atoms with Crippen molar-refractivity contribution in [2.24, 2.45) is 0 Å². The molecule has 1 rings (SSSR count). The van der Waals surface area contributed by atoms with Gasteiger partial charge < -0.3 is 15.2 Å². The van der Waals surface area contributed by atoms with Gasteiger partial charge in [-0.2, -0.15) is 0 Å². The highest BCUT2D eigenvalue weighted by Crippen LogP contribution is 2.00. The zero-order chi connectivity index (χ0) is 12.7. The number of aromatic nitrogens is 1. The van der Waals surface area contributed by atoms with Gasteiger partial charge in [-0.05, 0) is 18.6 Å². The molecule has 0 aromatic carbocycles. The number of ether oxygens (including phenoxy) is 1. The van der Waals surface area contributed by atoms with Crippen molar-refractivity contribution in [2.45, 2.75) is 6.42 Å². The van der Waals surface area contributed by atoms with Crippen molar-refractivity contribution in [2.75, 3.05) is 20.3 Å². The first-order chi connectivity index (χ1) is 8.15. The van der Waals surface area contributed by atoms with Crippen LogP contribution >= 0.6 is 0 Å². The molecule has 1 amide bonds. The van der Waals surface area contributed by atoms with Crippen molar-refractivity contribution in [1.29, 1.82) is 0 Å². The third-order valence-corrected chi connectivity index (χ3v) is 2.05. The second-order valence-corrected chi connectivity index (χ2v) is 3.34. The molecule has 1 heterocycles. The number of carbonyl (C=O) groups is 2. The summed E-state index contributed by atoms with van der Waals surface area (Å²) in [6.45, 7) is 1.07. The van der Waals surface area contributed by atoms with Crippen molar-refractivity contribution in [3.8, 4) is 0 Å². The minimum absolute atomic E-state index is 0.0564. The summed E-state index contributed by atoms with van der Waals surface area (Å²) in [5.41, 5.74) is 0.258. The number of aromatic carboxylic acids is 1. The lowest BCUT2D eigenvalue weighted by molar-refractivity contribution is 0.0695. The fourth-order valence-electron chi connectivity index (χ4n) is 1.16. The molecule has 0 fully saturated rings. The summed E-state index contributed by atoms with van der Waals surface area (Å²) in [4.78, 5) is 25.9. The van der Waals surface area contributed by atoms with Crippen LogP contribution in [-0.2, 0) is 4.74 Å². The van der Waals surface area contributed by atoms with E-state index in [-0.39, 0.29) is 17.2 Å². The maximum atomic E-state index is 11.5. The standard InChI is InChI=1S/C11H14N2O4/c1-17-6-2-5-12-10(14)9-4-3-8(7-13-9)11(15)16/h3-4,7H,2,5-6H2,1H3,(H,12,14)(H,15,16). The molecular formula is C11H14N2O4. The number of nitrogens with one attached hydrogen (secondary N) is 1. The third-order valence-electron chi connectivity index (χ3n) is 2.05. The predicted molar refractivity (Wildman–Crippen MR) is 60.0 cm³/mol. The van der Waals surface area contributed by atoms with Gasteiger partial charge in [-0.15, -0.1) is 0 Å². The van der Waals surface area contributed by atoms with Gasteiger partial charge in [-0.3, -0.25) is 9.78 Å². The molecule has 6 nitrogen and oxygen atoms in total. The van der Waals surface area contributed by atoms with Gasteiger partial charge in [0.25, 0.3) is 5.91 Å². The first-order valence-corrected chi connectivity index (χ1v) is 5.11. The van der Waals surface area contributed by atoms with Gasteiger partial charge in [-0.1, -0.05) is 0 Å². The first-order valence-electron chi connectivity index (χ1n) is 5.11. The van der Waals surface area contributed by atoms with Crippen molar-refractivity contribution < 1.29 is 19.4 Å². The van der Waals surface area contributed by atoms with E-state index in [1.807, 2.05) is 0 Å². The predicted octanol–water partition coefficient (Wildman–Crippen LogP) is 0.546. The lowest BCUT2D eigenvalue weighted by Crippen LogP contribution is -2.26. The van der Waals surface area contributed by atoms with Gasteiger partial charge in [0.1, 0.15) is 5.69 Å². The van der Waals surface area contributed by atoms with E-state index in [0.717, 1.165) is 12.6 Å². The Labute approximate surface area is 98.6 Å². The summed E-state index contributed by atoms with van der Waals surface area (Å²) >= 11 is 0. The monoisotopic (exact) mass is 238 g/mol. The van der Waals surface area contributed by atoms with E-state index in [1.54, 1.807) is 7.11 Å². The van der Waals surface area contributed by atoms with Gasteiger partial charge in [0.05, 0.1) is 5.56 Å². The van der Waals surface area contributed by atoms with Gasteiger partial charge >= 0.3 is 5.97 Å². The molecule has 0 aliphatic carbocycles. The van der Waals surface area contributed by atoms with Crippen LogP contribution in [0.2, 0.25) is 0 Å². The number of hydrogen-bond donors (Lipinski definition) is 2. The number of hydrogen-bond acceptors (Lipinski definition) is 4. The molecule has 0 aliphatic heterocycles. The highest BCUT2D eigenvalue weighted by atomic mass is 16.5. The minimum Gasteiger partial charge on any atom is -0.478 e. The van der Waals surface area contributed by atoms with Gasteiger partial charge in [0, 0.05) is 26.5 Å². The Bertz CT molecular complexity index is 389. The summed E-state index contributed by atoms with van der Waals surface area (Å²) in [5, 5.41) is 11.3. The summed E-state index contributed by atoms with van der Waals surface area (Å²) in [6.07, 6.45) is 1.88. The van der Waals surface area contributed by atoms with Crippen LogP contribution in [-0.4, -0.2) is 42.2 Å². The third kappa shape index (κ3) is 4.20. The van der Waals surface area contributed by atoms with Crippen LogP contribution < -0.4 is 5.32 Å². The molecule has 0 radical (unpaired) electrons. The number of nitrogens with zero attached hydrogens (tertiary/aromatic N) is 1. The Morgan fingerprint density at radius 3 is 2.76 bits per heavy atom. The molecule has 0 bridgehead atoms. The van der Waals surface area contributed by atoms with E-state index < -0.39 is 5.97 Å². The molecule has 0 saturated heterocycles. The van der Waals surface area contributed by atoms with E-state index >= 15 is 0 Å². The maximum absolute atomic E-state index is 11.5. The summed E-state index contributed by atoms with van der Waals surface area (Å²) < 4.78 is 4.84. The highest BCUT2D eigenvalue weighted by Gasteiger charge is 2.08. The number of rotatable bonds is 6. The Morgan fingerprint density at radius 1 is 1.47 bits per heavy atom. The van der Waals surface area contributed by atoms with Crippen LogP contribution in [0.25, 0.3) is 0 Å². The molecule has 0 saturated carbocycles. The van der Waals surface area contributed by atoms with Gasteiger partial charge in [0.2, 0.25) is 0 Å². The maximum Gasteiger partial charge on any atom is 0.337 e. The summed E-state index contributed by atoms with van der Waals surface area (Å²) in [7, 11) is 1.59. The van der Waals surface area contributed by atoms with Crippen LogP contribution in [0.5, 0.6) is 0 Å². The molecule has 6 heteroatoms. The quantitative estimate of drug-likeness (QED) is 0.706. The number of pyridine rings is 1. The number of amides is 1. The SMILES string of the molecule is COCCCNC(=O)c1ccc(C(=O)O)cn1. The number of methoxy groups -OCH3 is 1. The molecule has 2 N–H and O–H groups in total. The summed E-state index contributed by atoms with van der Waals surface area (Å²) in [6, 6.07) is 2.73. The first kappa shape index (κ1) is 13.1. The lowest BCUT2D eigenvalue weighted by Gasteiger charge is -2.04. The second kappa shape index (κ2) is 6.59. The molecule has 0 atom stereocenters. The average molecular weight is 238 g/mol. The molecule has 92 valence electrons. The summed E-state index contributed by atoms with van der Waals surface area (Å²) in [5.74, 6) is -1.39. The number of carboxylic acid groups (broad SMARTS) is 1. The Morgan fingerprint density at radius 2 is 2.24 bits per heavy atom. The highest BCUT2D eigenvalue weighted by molar-refractivity contribution is 5.93. The fraction of sp³-hybridized carbons (Fsp3) is 0.364. The van der Waals surface area contributed by atoms with E-state index in [4.69, 9.17) is 9.84 Å². The van der Waals surface area contributed by atoms with Gasteiger partial charge in [0.15, 0.2) is 0 Å². The molecule has 0 spiro atoms. The van der Waals surface area contributed by atoms with Crippen LogP contribution in [0.1, 0.15) is 27.3 Å². The van der Waals surface area contributed by atoms with E-state index in [0.29, 0.717) is 13.2 Å². The smallest absolute Gasteiger partial charge is 0.337 e. The van der Waals surface area contributed by atoms with Gasteiger partial charge in [-0.25, -0.2) is 4.79 Å². The van der Waals surface area contributed by atoms with E-state index in [2.05, 4.69) is 10.3 Å². The molecule has 1 aromatic rings. The Kier molecular flexibility index (Phi) is 5.09. The van der Waals surface area contributed by atoms with Crippen molar-refractivity contribution in [1.82, 2.24) is 10.3 Å². The van der Waals surface area contributed by atoms with Crippen molar-refractivity contribution >= 4 is 11.9 Å². The van der Waals surface area contributed by atoms with Crippen LogP contribution in [0.4, 0.5) is 0 Å². The topological polar surface area (TPSA) is 88.5 Å². The van der Waals surface area contributed by atoms with Crippen molar-refractivity contribution in [3.05, 3.63) is 29.6 Å². The zero-order valence-corrected chi connectivity index (χ0v) is 9.47. The lowest BCUT2D eigenvalue weighted by atomic mass is 10.2. The number of carboxylic acids is 1. The van der Waals surface area contributed by atoms with Crippen LogP contribution in [0, 0.1) is 0 Å². The normalized spacial score (nSPS) is 9.94.